The first-order chi connectivity index (χ1) is 22.4. The number of nitrogens with zero attached hydrogens (tertiary/aromatic N) is 4. The highest BCUT2D eigenvalue weighted by molar-refractivity contribution is 7.17. The van der Waals surface area contributed by atoms with Crippen molar-refractivity contribution < 1.29 is 23.5 Å². The zero-order valence-electron chi connectivity index (χ0n) is 25.0. The lowest BCUT2D eigenvalue weighted by molar-refractivity contribution is 0.0775. The highest BCUT2D eigenvalue weighted by Gasteiger charge is 2.45. The van der Waals surface area contributed by atoms with Gasteiger partial charge in [-0.3, -0.25) is 14.6 Å². The second-order valence-electron chi connectivity index (χ2n) is 12.1. The molecule has 1 fully saturated rings. The molecule has 0 unspecified atom stereocenters. The van der Waals surface area contributed by atoms with Gasteiger partial charge in [-0.1, -0.05) is 36.4 Å². The van der Waals surface area contributed by atoms with Crippen LogP contribution in [0.1, 0.15) is 91.4 Å². The highest BCUT2D eigenvalue weighted by Crippen LogP contribution is 2.49. The Hall–Kier alpha value is -4.74. The molecule has 3 aliphatic rings. The van der Waals surface area contributed by atoms with E-state index in [9.17, 15) is 19.1 Å². The lowest BCUT2D eigenvalue weighted by atomic mass is 9.92. The quantitative estimate of drug-likeness (QED) is 0.216. The Morgan fingerprint density at radius 1 is 1.09 bits per heavy atom. The van der Waals surface area contributed by atoms with E-state index in [2.05, 4.69) is 27.6 Å². The second kappa shape index (κ2) is 11.3. The Bertz CT molecular complexity index is 2000. The van der Waals surface area contributed by atoms with Crippen molar-refractivity contribution in [1.29, 1.82) is 0 Å². The first-order valence-electron chi connectivity index (χ1n) is 15.5. The monoisotopic (exact) mass is 635 g/mol. The van der Waals surface area contributed by atoms with E-state index in [1.165, 1.54) is 29.0 Å². The van der Waals surface area contributed by atoms with Gasteiger partial charge in [0.05, 0.1) is 45.6 Å². The van der Waals surface area contributed by atoms with Crippen molar-refractivity contribution in [3.63, 3.8) is 0 Å². The molecule has 2 aromatic carbocycles. The Morgan fingerprint density at radius 3 is 2.72 bits per heavy atom. The van der Waals surface area contributed by atoms with Crippen LogP contribution in [0.5, 0.6) is 0 Å². The van der Waals surface area contributed by atoms with Gasteiger partial charge in [0.2, 0.25) is 11.8 Å². The van der Waals surface area contributed by atoms with Crippen LogP contribution in [0.2, 0.25) is 0 Å². The van der Waals surface area contributed by atoms with Crippen molar-refractivity contribution in [1.82, 2.24) is 25.4 Å². The van der Waals surface area contributed by atoms with Crippen LogP contribution in [-0.2, 0) is 12.8 Å². The van der Waals surface area contributed by atoms with Gasteiger partial charge in [0.15, 0.2) is 0 Å². The number of carbonyl (C=O) groups excluding carboxylic acids is 2. The van der Waals surface area contributed by atoms with Crippen LogP contribution in [0.25, 0.3) is 21.9 Å². The van der Waals surface area contributed by atoms with Crippen LogP contribution in [-0.4, -0.2) is 43.5 Å². The first-order valence-corrected chi connectivity index (χ1v) is 16.3. The van der Waals surface area contributed by atoms with Gasteiger partial charge < -0.3 is 19.7 Å². The summed E-state index contributed by atoms with van der Waals surface area (Å²) in [5.41, 5.74) is 5.55. The molecule has 5 aromatic rings. The van der Waals surface area contributed by atoms with E-state index in [0.717, 1.165) is 31.2 Å². The number of pyridine rings is 1. The summed E-state index contributed by atoms with van der Waals surface area (Å²) in [7, 11) is 0. The Balaban J connectivity index is 1.24. The topological polar surface area (TPSA) is 121 Å². The number of carbonyl (C=O) groups is 2. The number of thiophene rings is 1. The van der Waals surface area contributed by atoms with Gasteiger partial charge in [0.25, 0.3) is 11.8 Å². The van der Waals surface area contributed by atoms with Gasteiger partial charge in [-0.2, -0.15) is 0 Å². The average Bonchev–Trinajstić information content (AvgIpc) is 3.89. The molecule has 232 valence electrons. The Labute approximate surface area is 268 Å². The van der Waals surface area contributed by atoms with Crippen molar-refractivity contribution in [2.75, 3.05) is 6.54 Å². The summed E-state index contributed by atoms with van der Waals surface area (Å²) >= 11 is 1.29. The number of nitrogens with one attached hydrogen (secondary N) is 1. The lowest BCUT2D eigenvalue weighted by Crippen LogP contribution is -2.26. The first kappa shape index (κ1) is 28.7. The number of aromatic nitrogens is 3. The molecule has 0 radical (unpaired) electrons. The maximum Gasteiger partial charge on any atom is 0.261 e. The van der Waals surface area contributed by atoms with E-state index in [1.54, 1.807) is 25.1 Å². The molecule has 3 atom stereocenters. The molecule has 8 rings (SSSR count). The molecule has 0 saturated carbocycles. The summed E-state index contributed by atoms with van der Waals surface area (Å²) in [5, 5.41) is 22.9. The summed E-state index contributed by atoms with van der Waals surface area (Å²) in [6.45, 7) is 2.31. The van der Waals surface area contributed by atoms with E-state index < -0.39 is 11.9 Å². The van der Waals surface area contributed by atoms with Gasteiger partial charge >= 0.3 is 0 Å². The SMILES string of the molecule is Cc1nnc(-c2c(C[C@@H](O)c3ccc(F)cc3)nc3c(c2-c2ccc(C(=O)N[C@H]4CCc5ccccc54)s2)C(=O)N2CCC[C@H]32)o1. The fraction of sp³-hybridized carbons (Fsp3) is 0.286. The van der Waals surface area contributed by atoms with Gasteiger partial charge in [0.1, 0.15) is 5.82 Å². The minimum absolute atomic E-state index is 0.0589. The van der Waals surface area contributed by atoms with Crippen molar-refractivity contribution >= 4 is 23.2 Å². The van der Waals surface area contributed by atoms with Crippen LogP contribution in [0.3, 0.4) is 0 Å². The molecule has 0 spiro atoms. The summed E-state index contributed by atoms with van der Waals surface area (Å²) < 4.78 is 19.6. The highest BCUT2D eigenvalue weighted by atomic mass is 32.1. The van der Waals surface area contributed by atoms with Crippen LogP contribution in [0, 0.1) is 12.7 Å². The molecule has 3 aromatic heterocycles. The van der Waals surface area contributed by atoms with E-state index in [-0.39, 0.29) is 36.2 Å². The average molecular weight is 636 g/mol. The molecule has 2 amide bonds. The number of amides is 2. The number of aliphatic hydroxyl groups excluding tert-OH is 1. The van der Waals surface area contributed by atoms with Gasteiger partial charge in [-0.25, -0.2) is 4.39 Å². The molecule has 2 N–H and O–H groups in total. The number of halogens is 1. The second-order valence-corrected chi connectivity index (χ2v) is 13.1. The minimum atomic E-state index is -1.02. The van der Waals surface area contributed by atoms with E-state index in [4.69, 9.17) is 9.40 Å². The molecule has 11 heteroatoms. The van der Waals surface area contributed by atoms with Gasteiger partial charge in [0, 0.05) is 30.3 Å². The third-order valence-electron chi connectivity index (χ3n) is 9.24. The largest absolute Gasteiger partial charge is 0.421 e. The molecular weight excluding hydrogens is 605 g/mol. The third kappa shape index (κ3) is 4.81. The standard InChI is InChI=1S/C35H30FN5O4S/c1-18-39-40-34(45-18)29-24(17-26(42)20-8-11-21(36)12-9-20)37-32-25-7-4-16-41(25)35(44)31(32)30(29)27-14-15-28(46-27)33(43)38-23-13-10-19-5-2-3-6-22(19)23/h2-3,5-6,8-9,11-12,14-15,23,25-26,42H,4,7,10,13,16-17H2,1H3,(H,38,43)/t23-,25+,26+/m0/s1. The maximum absolute atomic E-state index is 14.0. The number of aliphatic hydroxyl groups is 1. The zero-order valence-corrected chi connectivity index (χ0v) is 25.8. The van der Waals surface area contributed by atoms with Gasteiger partial charge in [-0.05, 0) is 66.6 Å². The molecule has 0 bridgehead atoms. The van der Waals surface area contributed by atoms with Crippen LogP contribution in [0.4, 0.5) is 4.39 Å². The number of hydrogen-bond acceptors (Lipinski definition) is 8. The number of rotatable bonds is 7. The van der Waals surface area contributed by atoms with E-state index >= 15 is 0 Å². The predicted molar refractivity (Wildman–Crippen MR) is 169 cm³/mol. The Morgan fingerprint density at radius 2 is 1.91 bits per heavy atom. The maximum atomic E-state index is 14.0. The lowest BCUT2D eigenvalue weighted by Gasteiger charge is -2.18. The fourth-order valence-electron chi connectivity index (χ4n) is 7.09. The fourth-order valence-corrected chi connectivity index (χ4v) is 8.06. The van der Waals surface area contributed by atoms with E-state index in [0.29, 0.717) is 55.8 Å². The van der Waals surface area contributed by atoms with Gasteiger partial charge in [-0.15, -0.1) is 21.5 Å². The number of aryl methyl sites for hydroxylation is 2. The molecule has 1 aliphatic carbocycles. The zero-order chi connectivity index (χ0) is 31.5. The molecule has 1 saturated heterocycles. The van der Waals surface area contributed by atoms with Crippen molar-refractivity contribution in [2.45, 2.75) is 57.2 Å². The van der Waals surface area contributed by atoms with Crippen LogP contribution < -0.4 is 5.32 Å². The Kier molecular flexibility index (Phi) is 7.02. The number of hydrogen-bond donors (Lipinski definition) is 2. The van der Waals surface area contributed by atoms with E-state index in [1.807, 2.05) is 23.1 Å². The smallest absolute Gasteiger partial charge is 0.261 e. The summed E-state index contributed by atoms with van der Waals surface area (Å²) in [4.78, 5) is 35.7. The number of benzene rings is 2. The summed E-state index contributed by atoms with van der Waals surface area (Å²) in [5.74, 6) is -0.194. The molecule has 9 nitrogen and oxygen atoms in total. The number of fused-ring (bicyclic) bond motifs is 4. The molecular formula is C35H30FN5O4S. The van der Waals surface area contributed by atoms with Crippen LogP contribution in [0.15, 0.2) is 65.1 Å². The molecule has 2 aliphatic heterocycles. The van der Waals surface area contributed by atoms with Crippen LogP contribution >= 0.6 is 11.3 Å². The molecule has 46 heavy (non-hydrogen) atoms. The predicted octanol–water partition coefficient (Wildman–Crippen LogP) is 6.29. The minimum Gasteiger partial charge on any atom is -0.421 e. The summed E-state index contributed by atoms with van der Waals surface area (Å²) in [6, 6.07) is 17.2. The third-order valence-corrected chi connectivity index (χ3v) is 10.3. The normalized spacial score (nSPS) is 18.8. The van der Waals surface area contributed by atoms with Crippen molar-refractivity contribution in [2.24, 2.45) is 0 Å². The molecule has 5 heterocycles. The van der Waals surface area contributed by atoms with Crippen molar-refractivity contribution in [3.8, 4) is 21.9 Å². The van der Waals surface area contributed by atoms with Crippen molar-refractivity contribution in [3.05, 3.63) is 111 Å². The summed E-state index contributed by atoms with van der Waals surface area (Å²) in [6.07, 6.45) is 2.46.